The van der Waals surface area contributed by atoms with E-state index in [1.54, 1.807) is 30.5 Å². The Morgan fingerprint density at radius 1 is 1.23 bits per heavy atom. The first-order valence-electron chi connectivity index (χ1n) is 8.39. The van der Waals surface area contributed by atoms with Gasteiger partial charge < -0.3 is 15.0 Å². The van der Waals surface area contributed by atoms with Crippen molar-refractivity contribution >= 4 is 11.9 Å². The molecule has 4 rings (SSSR count). The molecule has 0 saturated carbocycles. The first-order valence-corrected chi connectivity index (χ1v) is 8.39. The number of aromatic amines is 1. The van der Waals surface area contributed by atoms with Gasteiger partial charge in [-0.2, -0.15) is 17.9 Å². The van der Waals surface area contributed by atoms with Crippen LogP contribution in [0, 0.1) is 0 Å². The lowest BCUT2D eigenvalue weighted by Gasteiger charge is -2.11. The molecule has 1 atom stereocenters. The van der Waals surface area contributed by atoms with Gasteiger partial charge in [0.05, 0.1) is 11.7 Å². The highest BCUT2D eigenvalue weighted by molar-refractivity contribution is 5.94. The topological polar surface area (TPSA) is 148 Å². The molecule has 1 aromatic carbocycles. The SMILES string of the molecule is O=C(NC1CCn2ccnc21)c1ccc(-n2nn[nH]c2=O)cc1.O=C(O)C(F)(F)F. The van der Waals surface area contributed by atoms with Gasteiger partial charge in [-0.15, -0.1) is 0 Å². The molecule has 11 nitrogen and oxygen atoms in total. The fourth-order valence-corrected chi connectivity index (χ4v) is 2.72. The van der Waals surface area contributed by atoms with Crippen LogP contribution in [-0.2, 0) is 11.3 Å². The zero-order valence-electron chi connectivity index (χ0n) is 15.0. The summed E-state index contributed by atoms with van der Waals surface area (Å²) in [5, 5.41) is 19.4. The van der Waals surface area contributed by atoms with E-state index in [2.05, 4.69) is 25.8 Å². The van der Waals surface area contributed by atoms with E-state index >= 15 is 0 Å². The number of fused-ring (bicyclic) bond motifs is 1. The minimum absolute atomic E-state index is 0.0738. The third-order valence-corrected chi connectivity index (χ3v) is 4.11. The van der Waals surface area contributed by atoms with Crippen molar-refractivity contribution in [2.24, 2.45) is 0 Å². The Morgan fingerprint density at radius 2 is 1.90 bits per heavy atom. The number of rotatable bonds is 3. The number of aryl methyl sites for hydroxylation is 1. The maximum absolute atomic E-state index is 12.3. The molecule has 0 saturated heterocycles. The van der Waals surface area contributed by atoms with E-state index in [1.165, 1.54) is 0 Å². The summed E-state index contributed by atoms with van der Waals surface area (Å²) in [7, 11) is 0. The Labute approximate surface area is 165 Å². The fourth-order valence-electron chi connectivity index (χ4n) is 2.72. The fraction of sp³-hybridized carbons (Fsp3) is 0.250. The van der Waals surface area contributed by atoms with Gasteiger partial charge in [-0.05, 0) is 41.1 Å². The van der Waals surface area contributed by atoms with Gasteiger partial charge >= 0.3 is 17.8 Å². The highest BCUT2D eigenvalue weighted by Crippen LogP contribution is 2.24. The maximum Gasteiger partial charge on any atom is 0.490 e. The first kappa shape index (κ1) is 20.8. The van der Waals surface area contributed by atoms with E-state index in [1.807, 2.05) is 10.8 Å². The number of nitrogens with one attached hydrogen (secondary N) is 2. The Kier molecular flexibility index (Phi) is 5.66. The van der Waals surface area contributed by atoms with Gasteiger partial charge in [0.15, 0.2) is 0 Å². The number of carboxylic acids is 1. The molecular formula is C16H14F3N7O4. The second-order valence-electron chi connectivity index (χ2n) is 6.06. The first-order chi connectivity index (χ1) is 14.2. The molecule has 1 aliphatic heterocycles. The van der Waals surface area contributed by atoms with Crippen LogP contribution in [-0.4, -0.2) is 52.9 Å². The molecule has 30 heavy (non-hydrogen) atoms. The van der Waals surface area contributed by atoms with Crippen LogP contribution in [0.15, 0.2) is 41.5 Å². The predicted octanol–water partition coefficient (Wildman–Crippen LogP) is 0.660. The van der Waals surface area contributed by atoms with Crippen molar-refractivity contribution in [2.45, 2.75) is 25.2 Å². The lowest BCUT2D eigenvalue weighted by atomic mass is 10.1. The normalized spacial score (nSPS) is 15.1. The van der Waals surface area contributed by atoms with Gasteiger partial charge in [-0.1, -0.05) is 0 Å². The number of nitrogens with zero attached hydrogens (tertiary/aromatic N) is 5. The summed E-state index contributed by atoms with van der Waals surface area (Å²) >= 11 is 0. The molecule has 1 aliphatic rings. The number of tetrazole rings is 1. The van der Waals surface area contributed by atoms with Crippen molar-refractivity contribution in [1.82, 2.24) is 35.1 Å². The Bertz CT molecular complexity index is 1100. The number of aliphatic carboxylic acids is 1. The maximum atomic E-state index is 12.3. The summed E-state index contributed by atoms with van der Waals surface area (Å²) in [6.45, 7) is 0.855. The van der Waals surface area contributed by atoms with Gasteiger partial charge in [0.1, 0.15) is 5.82 Å². The van der Waals surface area contributed by atoms with Crippen LogP contribution >= 0.6 is 0 Å². The van der Waals surface area contributed by atoms with Crippen LogP contribution in [0.3, 0.4) is 0 Å². The zero-order chi connectivity index (χ0) is 21.9. The van der Waals surface area contributed by atoms with Crippen LogP contribution in [0.2, 0.25) is 0 Å². The van der Waals surface area contributed by atoms with Gasteiger partial charge in [0.2, 0.25) is 0 Å². The number of carboxylic acid groups (broad SMARTS) is 1. The molecular weight excluding hydrogens is 411 g/mol. The third-order valence-electron chi connectivity index (χ3n) is 4.11. The van der Waals surface area contributed by atoms with E-state index in [4.69, 9.17) is 9.90 Å². The van der Waals surface area contributed by atoms with Gasteiger partial charge in [-0.25, -0.2) is 19.7 Å². The van der Waals surface area contributed by atoms with Crippen LogP contribution in [0.5, 0.6) is 0 Å². The Morgan fingerprint density at radius 3 is 2.47 bits per heavy atom. The quantitative estimate of drug-likeness (QED) is 0.558. The zero-order valence-corrected chi connectivity index (χ0v) is 15.0. The average Bonchev–Trinajstić information content (AvgIpc) is 3.40. The summed E-state index contributed by atoms with van der Waals surface area (Å²) in [6, 6.07) is 6.51. The van der Waals surface area contributed by atoms with Gasteiger partial charge in [0, 0.05) is 24.5 Å². The van der Waals surface area contributed by atoms with Crippen molar-refractivity contribution in [3.8, 4) is 5.69 Å². The van der Waals surface area contributed by atoms with Crippen LogP contribution in [0.25, 0.3) is 5.69 Å². The van der Waals surface area contributed by atoms with Gasteiger partial charge in [-0.3, -0.25) is 4.79 Å². The molecule has 3 heterocycles. The van der Waals surface area contributed by atoms with Crippen LogP contribution in [0.1, 0.15) is 28.6 Å². The number of halogens is 3. The number of carbonyl (C=O) groups excluding carboxylic acids is 1. The highest BCUT2D eigenvalue weighted by atomic mass is 19.4. The smallest absolute Gasteiger partial charge is 0.475 e. The summed E-state index contributed by atoms with van der Waals surface area (Å²) in [4.78, 5) is 37.0. The summed E-state index contributed by atoms with van der Waals surface area (Å²) in [5.74, 6) is -2.05. The van der Waals surface area contributed by atoms with Gasteiger partial charge in [0.25, 0.3) is 5.91 Å². The molecule has 3 N–H and O–H groups in total. The second kappa shape index (κ2) is 8.18. The molecule has 158 valence electrons. The average molecular weight is 425 g/mol. The molecule has 14 heteroatoms. The molecule has 2 aromatic heterocycles. The summed E-state index contributed by atoms with van der Waals surface area (Å²) in [6.07, 6.45) is -0.606. The van der Waals surface area contributed by atoms with E-state index in [0.29, 0.717) is 11.3 Å². The molecule has 0 fully saturated rings. The number of hydrogen-bond acceptors (Lipinski definition) is 6. The lowest BCUT2D eigenvalue weighted by Crippen LogP contribution is -2.27. The highest BCUT2D eigenvalue weighted by Gasteiger charge is 2.38. The van der Waals surface area contributed by atoms with Crippen molar-refractivity contribution in [3.05, 3.63) is 58.5 Å². The number of hydrogen-bond donors (Lipinski definition) is 3. The molecule has 0 radical (unpaired) electrons. The number of H-pyrrole nitrogens is 1. The summed E-state index contributed by atoms with van der Waals surface area (Å²) in [5.41, 5.74) is 0.618. The predicted molar refractivity (Wildman–Crippen MR) is 92.7 cm³/mol. The van der Waals surface area contributed by atoms with E-state index in [-0.39, 0.29) is 11.9 Å². The third kappa shape index (κ3) is 4.53. The minimum Gasteiger partial charge on any atom is -0.475 e. The van der Waals surface area contributed by atoms with Crippen molar-refractivity contribution < 1.29 is 27.9 Å². The number of alkyl halides is 3. The molecule has 1 amide bonds. The van der Waals surface area contributed by atoms with E-state index in [9.17, 15) is 22.8 Å². The number of carbonyl (C=O) groups is 2. The number of aromatic nitrogens is 6. The van der Waals surface area contributed by atoms with E-state index < -0.39 is 17.8 Å². The van der Waals surface area contributed by atoms with Crippen LogP contribution in [0.4, 0.5) is 13.2 Å². The monoisotopic (exact) mass is 425 g/mol. The number of amides is 1. The number of benzene rings is 1. The summed E-state index contributed by atoms with van der Waals surface area (Å²) < 4.78 is 34.9. The number of imidazole rings is 1. The van der Waals surface area contributed by atoms with Crippen molar-refractivity contribution in [1.29, 1.82) is 0 Å². The van der Waals surface area contributed by atoms with Crippen molar-refractivity contribution in [3.63, 3.8) is 0 Å². The molecule has 0 bridgehead atoms. The lowest BCUT2D eigenvalue weighted by molar-refractivity contribution is -0.192. The van der Waals surface area contributed by atoms with Crippen LogP contribution < -0.4 is 11.0 Å². The van der Waals surface area contributed by atoms with E-state index in [0.717, 1.165) is 23.5 Å². The van der Waals surface area contributed by atoms with Crippen molar-refractivity contribution in [2.75, 3.05) is 0 Å². The Hall–Kier alpha value is -3.97. The molecule has 0 aliphatic carbocycles. The Balaban J connectivity index is 0.000000318. The molecule has 1 unspecified atom stereocenters. The standard InChI is InChI=1S/C14H13N7O2.C2HF3O2/c22-13(16-11-5-7-20-8-6-15-12(11)20)9-1-3-10(4-2-9)21-14(23)17-18-19-21;3-2(4,5)1(6)7/h1-4,6,8,11H,5,7H2,(H,16,22)(H,17,19,23);(H,6,7). The molecule has 3 aromatic rings. The minimum atomic E-state index is -5.08. The largest absolute Gasteiger partial charge is 0.490 e. The molecule has 0 spiro atoms. The second-order valence-corrected chi connectivity index (χ2v) is 6.06.